The normalized spacial score (nSPS) is 6.33. The van der Waals surface area contributed by atoms with Gasteiger partial charge in [-0.2, -0.15) is 0 Å². The summed E-state index contributed by atoms with van der Waals surface area (Å²) in [5.41, 5.74) is 0. The fourth-order valence-corrected chi connectivity index (χ4v) is 0.203. The van der Waals surface area contributed by atoms with Crippen LogP contribution < -0.4 is 0 Å². The molecular formula is C6H12Cl2O4. The summed E-state index contributed by atoms with van der Waals surface area (Å²) in [6.45, 7) is 3.40. The van der Waals surface area contributed by atoms with E-state index in [-0.39, 0.29) is 17.8 Å². The highest BCUT2D eigenvalue weighted by Gasteiger charge is 1.81. The van der Waals surface area contributed by atoms with Crippen molar-refractivity contribution in [2.24, 2.45) is 0 Å². The molecule has 1 N–H and O–H groups in total. The fraction of sp³-hybridized carbons (Fsp3) is 0.667. The van der Waals surface area contributed by atoms with Gasteiger partial charge in [0.1, 0.15) is 0 Å². The number of carbonyl (C=O) groups excluding carboxylic acids is 1. The van der Waals surface area contributed by atoms with Gasteiger partial charge in [0.15, 0.2) is 0 Å². The van der Waals surface area contributed by atoms with Crippen molar-refractivity contribution in [2.75, 3.05) is 11.9 Å². The van der Waals surface area contributed by atoms with Crippen LogP contribution in [0.25, 0.3) is 0 Å². The lowest BCUT2D eigenvalue weighted by Gasteiger charge is -1.89. The molecule has 0 saturated carbocycles. The first-order chi connectivity index (χ1) is 5.60. The molecule has 0 aliphatic rings. The highest BCUT2D eigenvalue weighted by molar-refractivity contribution is 6.40. The number of rotatable bonds is 1. The van der Waals surface area contributed by atoms with Gasteiger partial charge in [-0.1, -0.05) is 0 Å². The maximum absolute atomic E-state index is 9.82. The molecule has 0 amide bonds. The zero-order valence-electron chi connectivity index (χ0n) is 6.92. The standard InChI is InChI=1S/C4H8O2.CH2Cl2.CH2O2/c1-3-6-4(2)5;2*2-1-3/h3H2,1-2H3;1H2;1H,(H,2,3). The predicted molar refractivity (Wildman–Crippen MR) is 47.6 cm³/mol. The maximum atomic E-state index is 9.82. The zero-order valence-corrected chi connectivity index (χ0v) is 8.43. The van der Waals surface area contributed by atoms with E-state index in [1.165, 1.54) is 6.92 Å². The van der Waals surface area contributed by atoms with E-state index in [0.717, 1.165) is 0 Å². The molecule has 0 atom stereocenters. The first kappa shape index (κ1) is 17.6. The van der Waals surface area contributed by atoms with Gasteiger partial charge < -0.3 is 9.84 Å². The van der Waals surface area contributed by atoms with Crippen molar-refractivity contribution in [3.63, 3.8) is 0 Å². The number of hydrogen-bond acceptors (Lipinski definition) is 3. The van der Waals surface area contributed by atoms with E-state index in [9.17, 15) is 4.79 Å². The molecule has 6 heteroatoms. The average molecular weight is 219 g/mol. The predicted octanol–water partition coefficient (Wildman–Crippen LogP) is 1.69. The van der Waals surface area contributed by atoms with E-state index >= 15 is 0 Å². The molecule has 0 bridgehead atoms. The summed E-state index contributed by atoms with van der Waals surface area (Å²) >= 11 is 9.53. The molecule has 0 spiro atoms. The largest absolute Gasteiger partial charge is 0.483 e. The molecule has 4 nitrogen and oxygen atoms in total. The number of esters is 1. The van der Waals surface area contributed by atoms with Crippen LogP contribution in [0.3, 0.4) is 0 Å². The molecule has 0 rings (SSSR count). The Bertz CT molecular complexity index is 97.5. The summed E-state index contributed by atoms with van der Waals surface area (Å²) in [5, 5.41) is 7.08. The van der Waals surface area contributed by atoms with Gasteiger partial charge in [-0.25, -0.2) is 0 Å². The molecule has 0 radical (unpaired) electrons. The van der Waals surface area contributed by atoms with Gasteiger partial charge in [0, 0.05) is 6.92 Å². The van der Waals surface area contributed by atoms with E-state index < -0.39 is 0 Å². The average Bonchev–Trinajstić information content (AvgIpc) is 1.89. The van der Waals surface area contributed by atoms with Crippen LogP contribution in [0.5, 0.6) is 0 Å². The molecule has 0 aliphatic carbocycles. The first-order valence-corrected chi connectivity index (χ1v) is 4.00. The second-order valence-electron chi connectivity index (χ2n) is 1.13. The summed E-state index contributed by atoms with van der Waals surface area (Å²) in [6.07, 6.45) is 0. The van der Waals surface area contributed by atoms with Crippen LogP contribution in [-0.4, -0.2) is 29.5 Å². The van der Waals surface area contributed by atoms with Crippen molar-refractivity contribution in [2.45, 2.75) is 13.8 Å². The van der Waals surface area contributed by atoms with E-state index in [4.69, 9.17) is 33.1 Å². The number of hydrogen-bond donors (Lipinski definition) is 1. The lowest BCUT2D eigenvalue weighted by atomic mass is 10.8. The lowest BCUT2D eigenvalue weighted by molar-refractivity contribution is -0.140. The third-order valence-corrected chi connectivity index (χ3v) is 0.348. The third-order valence-electron chi connectivity index (χ3n) is 0.348. The molecule has 0 aromatic carbocycles. The molecule has 12 heavy (non-hydrogen) atoms. The first-order valence-electron chi connectivity index (χ1n) is 2.93. The summed E-state index contributed by atoms with van der Waals surface area (Å²) in [6, 6.07) is 0. The Balaban J connectivity index is -0.000000115. The highest BCUT2D eigenvalue weighted by Crippen LogP contribution is 1.73. The van der Waals surface area contributed by atoms with Gasteiger partial charge in [0.25, 0.3) is 6.47 Å². The van der Waals surface area contributed by atoms with Crippen molar-refractivity contribution in [1.29, 1.82) is 0 Å². The van der Waals surface area contributed by atoms with Gasteiger partial charge in [0.05, 0.1) is 11.9 Å². The summed E-state index contributed by atoms with van der Waals surface area (Å²) < 4.78 is 4.40. The SMILES string of the molecule is CCOC(C)=O.ClCCl.O=CO. The quantitative estimate of drug-likeness (QED) is 0.414. The number of ether oxygens (including phenoxy) is 1. The fourth-order valence-electron chi connectivity index (χ4n) is 0.203. The van der Waals surface area contributed by atoms with Crippen LogP contribution in [0.15, 0.2) is 0 Å². The van der Waals surface area contributed by atoms with Crippen LogP contribution in [0, 0.1) is 0 Å². The van der Waals surface area contributed by atoms with Crippen molar-refractivity contribution in [1.82, 2.24) is 0 Å². The molecule has 0 aliphatic heterocycles. The Labute approximate surface area is 81.4 Å². The van der Waals surface area contributed by atoms with Crippen LogP contribution >= 0.6 is 23.2 Å². The minimum atomic E-state index is -0.250. The smallest absolute Gasteiger partial charge is 0.302 e. The number of alkyl halides is 2. The van der Waals surface area contributed by atoms with Gasteiger partial charge in [-0.05, 0) is 6.92 Å². The Kier molecular flexibility index (Phi) is 32.8. The van der Waals surface area contributed by atoms with Crippen molar-refractivity contribution >= 4 is 35.6 Å². The van der Waals surface area contributed by atoms with Crippen LogP contribution in [0.1, 0.15) is 13.8 Å². The molecule has 74 valence electrons. The monoisotopic (exact) mass is 218 g/mol. The van der Waals surface area contributed by atoms with Crippen molar-refractivity contribution in [3.8, 4) is 0 Å². The number of carbonyl (C=O) groups is 2. The van der Waals surface area contributed by atoms with Gasteiger partial charge in [-0.3, -0.25) is 9.59 Å². The summed E-state index contributed by atoms with van der Waals surface area (Å²) in [5.74, 6) is -0.211. The van der Waals surface area contributed by atoms with Gasteiger partial charge >= 0.3 is 5.97 Å². The third kappa shape index (κ3) is 109. The van der Waals surface area contributed by atoms with Crippen molar-refractivity contribution in [3.05, 3.63) is 0 Å². The minimum Gasteiger partial charge on any atom is -0.483 e. The van der Waals surface area contributed by atoms with E-state index in [0.29, 0.717) is 6.61 Å². The minimum absolute atomic E-state index is 0.194. The summed E-state index contributed by atoms with van der Waals surface area (Å²) in [7, 11) is 0. The maximum Gasteiger partial charge on any atom is 0.302 e. The van der Waals surface area contributed by atoms with E-state index in [1.807, 2.05) is 0 Å². The second kappa shape index (κ2) is 22.4. The Morgan fingerprint density at radius 3 is 1.83 bits per heavy atom. The van der Waals surface area contributed by atoms with Gasteiger partial charge in [0.2, 0.25) is 0 Å². The second-order valence-corrected chi connectivity index (χ2v) is 1.94. The van der Waals surface area contributed by atoms with Crippen molar-refractivity contribution < 1.29 is 19.4 Å². The van der Waals surface area contributed by atoms with Crippen LogP contribution in [-0.2, 0) is 14.3 Å². The summed E-state index contributed by atoms with van der Waals surface area (Å²) in [4.78, 5) is 18.2. The van der Waals surface area contributed by atoms with E-state index in [2.05, 4.69) is 4.74 Å². The molecule has 0 unspecified atom stereocenters. The van der Waals surface area contributed by atoms with Gasteiger partial charge in [-0.15, -0.1) is 23.2 Å². The molecule has 0 heterocycles. The molecule has 0 saturated heterocycles. The highest BCUT2D eigenvalue weighted by atomic mass is 35.5. The molecular weight excluding hydrogens is 207 g/mol. The van der Waals surface area contributed by atoms with Crippen LogP contribution in [0.2, 0.25) is 0 Å². The molecule has 0 fully saturated rings. The van der Waals surface area contributed by atoms with E-state index in [1.54, 1.807) is 6.92 Å². The molecule has 0 aromatic rings. The Morgan fingerprint density at radius 2 is 1.83 bits per heavy atom. The Hall–Kier alpha value is -0.480. The molecule has 0 aromatic heterocycles. The zero-order chi connectivity index (χ0) is 10.4. The topological polar surface area (TPSA) is 63.6 Å². The lowest BCUT2D eigenvalue weighted by Crippen LogP contribution is -1.95. The van der Waals surface area contributed by atoms with Crippen LogP contribution in [0.4, 0.5) is 0 Å². The number of halogens is 2. The number of carboxylic acid groups (broad SMARTS) is 1. The Morgan fingerprint density at radius 1 is 1.58 bits per heavy atom.